The molecule has 3 rings (SSSR count). The molecule has 1 N–H and O–H groups in total. The molecule has 8 heteroatoms. The third-order valence-corrected chi connectivity index (χ3v) is 6.64. The summed E-state index contributed by atoms with van der Waals surface area (Å²) in [6.07, 6.45) is 4.96. The van der Waals surface area contributed by atoms with Gasteiger partial charge >= 0.3 is 0 Å². The smallest absolute Gasteiger partial charge is 0.281 e. The van der Waals surface area contributed by atoms with Crippen LogP contribution in [0.1, 0.15) is 31.4 Å². The molecule has 3 heterocycles. The minimum absolute atomic E-state index is 0.0954. The third-order valence-electron chi connectivity index (χ3n) is 4.64. The Bertz CT molecular complexity index is 659. The van der Waals surface area contributed by atoms with Gasteiger partial charge in [0.2, 0.25) is 5.91 Å². The van der Waals surface area contributed by atoms with E-state index in [0.29, 0.717) is 26.2 Å². The molecule has 0 bridgehead atoms. The molecule has 1 aromatic rings. The fourth-order valence-electron chi connectivity index (χ4n) is 3.27. The number of amides is 1. The number of carbonyl (C=O) groups is 1. The zero-order valence-corrected chi connectivity index (χ0v) is 14.5. The van der Waals surface area contributed by atoms with Crippen LogP contribution in [0.4, 0.5) is 0 Å². The highest BCUT2D eigenvalue weighted by molar-refractivity contribution is 7.86. The predicted molar refractivity (Wildman–Crippen MR) is 90.1 cm³/mol. The molecule has 0 saturated carbocycles. The second-order valence-corrected chi connectivity index (χ2v) is 8.28. The van der Waals surface area contributed by atoms with Crippen molar-refractivity contribution in [3.05, 3.63) is 30.1 Å². The van der Waals surface area contributed by atoms with Crippen LogP contribution in [0.25, 0.3) is 0 Å². The van der Waals surface area contributed by atoms with E-state index in [9.17, 15) is 13.2 Å². The van der Waals surface area contributed by atoms with Crippen LogP contribution < -0.4 is 5.32 Å². The first-order valence-electron chi connectivity index (χ1n) is 8.50. The van der Waals surface area contributed by atoms with Gasteiger partial charge in [0.1, 0.15) is 0 Å². The second kappa shape index (κ2) is 7.58. The van der Waals surface area contributed by atoms with Crippen LogP contribution in [0.5, 0.6) is 0 Å². The molecule has 1 atom stereocenters. The van der Waals surface area contributed by atoms with Gasteiger partial charge in [-0.1, -0.05) is 6.07 Å². The van der Waals surface area contributed by atoms with Gasteiger partial charge in [-0.2, -0.15) is 17.0 Å². The SMILES string of the molecule is O=C(NCc1ccccn1)C1CCCN(S(=O)(=O)N2CCCC2)C1. The molecule has 1 unspecified atom stereocenters. The highest BCUT2D eigenvalue weighted by Crippen LogP contribution is 2.23. The number of hydrogen-bond acceptors (Lipinski definition) is 4. The molecule has 0 spiro atoms. The average molecular weight is 352 g/mol. The molecule has 132 valence electrons. The number of rotatable bonds is 5. The number of carbonyl (C=O) groups excluding carboxylic acids is 1. The molecule has 2 fully saturated rings. The van der Waals surface area contributed by atoms with Gasteiger partial charge in [0.05, 0.1) is 18.2 Å². The van der Waals surface area contributed by atoms with Crippen molar-refractivity contribution in [1.82, 2.24) is 18.9 Å². The summed E-state index contributed by atoms with van der Waals surface area (Å²) in [6, 6.07) is 5.55. The Morgan fingerprint density at radius 1 is 1.17 bits per heavy atom. The molecule has 2 saturated heterocycles. The fourth-order valence-corrected chi connectivity index (χ4v) is 5.05. The standard InChI is InChI=1S/C16H24N4O3S/c21-16(18-12-15-7-1-2-8-17-15)14-6-5-11-20(13-14)24(22,23)19-9-3-4-10-19/h1-2,7-8,14H,3-6,9-13H2,(H,18,21). The minimum atomic E-state index is -3.42. The topological polar surface area (TPSA) is 82.6 Å². The van der Waals surface area contributed by atoms with E-state index in [4.69, 9.17) is 0 Å². The molecule has 1 amide bonds. The molecule has 24 heavy (non-hydrogen) atoms. The molecule has 7 nitrogen and oxygen atoms in total. The van der Waals surface area contributed by atoms with Crippen LogP contribution in [0, 0.1) is 5.92 Å². The maximum atomic E-state index is 12.6. The van der Waals surface area contributed by atoms with Crippen molar-refractivity contribution < 1.29 is 13.2 Å². The Morgan fingerprint density at radius 3 is 2.62 bits per heavy atom. The zero-order chi connectivity index (χ0) is 17.0. The lowest BCUT2D eigenvalue weighted by Gasteiger charge is -2.33. The summed E-state index contributed by atoms with van der Waals surface area (Å²) < 4.78 is 28.3. The van der Waals surface area contributed by atoms with Gasteiger partial charge in [-0.05, 0) is 37.8 Å². The Kier molecular flexibility index (Phi) is 5.47. The maximum absolute atomic E-state index is 12.6. The van der Waals surface area contributed by atoms with E-state index in [1.165, 1.54) is 4.31 Å². The molecular formula is C16H24N4O3S. The third kappa shape index (κ3) is 3.93. The van der Waals surface area contributed by atoms with Crippen LogP contribution in [0.15, 0.2) is 24.4 Å². The van der Waals surface area contributed by atoms with Crippen LogP contribution in [-0.4, -0.2) is 54.1 Å². The van der Waals surface area contributed by atoms with E-state index in [0.717, 1.165) is 31.4 Å². The van der Waals surface area contributed by atoms with Crippen LogP contribution in [0.3, 0.4) is 0 Å². The van der Waals surface area contributed by atoms with Crippen molar-refractivity contribution >= 4 is 16.1 Å². The number of aromatic nitrogens is 1. The lowest BCUT2D eigenvalue weighted by Crippen LogP contribution is -2.49. The Hall–Kier alpha value is -1.51. The van der Waals surface area contributed by atoms with E-state index in [2.05, 4.69) is 10.3 Å². The molecule has 0 aliphatic carbocycles. The average Bonchev–Trinajstić information content (AvgIpc) is 3.16. The van der Waals surface area contributed by atoms with E-state index in [1.807, 2.05) is 18.2 Å². The molecule has 1 aromatic heterocycles. The van der Waals surface area contributed by atoms with E-state index >= 15 is 0 Å². The van der Waals surface area contributed by atoms with Gasteiger partial charge in [0.15, 0.2) is 0 Å². The van der Waals surface area contributed by atoms with Crippen molar-refractivity contribution in [2.45, 2.75) is 32.2 Å². The van der Waals surface area contributed by atoms with Gasteiger partial charge in [-0.15, -0.1) is 0 Å². The predicted octanol–water partition coefficient (Wildman–Crippen LogP) is 0.750. The molecule has 0 radical (unpaired) electrons. The monoisotopic (exact) mass is 352 g/mol. The van der Waals surface area contributed by atoms with Gasteiger partial charge in [-0.3, -0.25) is 9.78 Å². The first-order valence-corrected chi connectivity index (χ1v) is 9.90. The summed E-state index contributed by atoms with van der Waals surface area (Å²) >= 11 is 0. The fraction of sp³-hybridized carbons (Fsp3) is 0.625. The van der Waals surface area contributed by atoms with Gasteiger partial charge in [0.25, 0.3) is 10.2 Å². The second-order valence-electron chi connectivity index (χ2n) is 6.35. The lowest BCUT2D eigenvalue weighted by atomic mass is 9.99. The van der Waals surface area contributed by atoms with Crippen LogP contribution in [0.2, 0.25) is 0 Å². The van der Waals surface area contributed by atoms with Crippen molar-refractivity contribution in [1.29, 1.82) is 0 Å². The number of piperidine rings is 1. The van der Waals surface area contributed by atoms with Gasteiger partial charge in [0, 0.05) is 32.4 Å². The molecule has 0 aromatic carbocycles. The molecular weight excluding hydrogens is 328 g/mol. The quantitative estimate of drug-likeness (QED) is 0.848. The largest absolute Gasteiger partial charge is 0.350 e. The minimum Gasteiger partial charge on any atom is -0.350 e. The van der Waals surface area contributed by atoms with E-state index in [1.54, 1.807) is 10.5 Å². The van der Waals surface area contributed by atoms with E-state index in [-0.39, 0.29) is 18.4 Å². The number of pyridine rings is 1. The number of nitrogens with one attached hydrogen (secondary N) is 1. The molecule has 2 aliphatic heterocycles. The Labute approximate surface area is 143 Å². The Balaban J connectivity index is 1.57. The summed E-state index contributed by atoms with van der Waals surface area (Å²) in [6.45, 7) is 2.33. The van der Waals surface area contributed by atoms with Crippen molar-refractivity contribution in [3.8, 4) is 0 Å². The normalized spacial score (nSPS) is 23.2. The zero-order valence-electron chi connectivity index (χ0n) is 13.7. The lowest BCUT2D eigenvalue weighted by molar-refractivity contribution is -0.126. The summed E-state index contributed by atoms with van der Waals surface area (Å²) in [5, 5.41) is 2.87. The van der Waals surface area contributed by atoms with Crippen molar-refractivity contribution in [3.63, 3.8) is 0 Å². The summed E-state index contributed by atoms with van der Waals surface area (Å²) in [4.78, 5) is 16.6. The van der Waals surface area contributed by atoms with Gasteiger partial charge in [-0.25, -0.2) is 0 Å². The first-order chi connectivity index (χ1) is 11.6. The maximum Gasteiger partial charge on any atom is 0.281 e. The summed E-state index contributed by atoms with van der Waals surface area (Å²) in [5.74, 6) is -0.387. The van der Waals surface area contributed by atoms with Gasteiger partial charge < -0.3 is 5.32 Å². The van der Waals surface area contributed by atoms with Crippen LogP contribution in [-0.2, 0) is 21.5 Å². The van der Waals surface area contributed by atoms with E-state index < -0.39 is 10.2 Å². The number of nitrogens with zero attached hydrogens (tertiary/aromatic N) is 3. The summed E-state index contributed by atoms with van der Waals surface area (Å²) in [5.41, 5.74) is 0.795. The van der Waals surface area contributed by atoms with Crippen LogP contribution >= 0.6 is 0 Å². The number of hydrogen-bond donors (Lipinski definition) is 1. The molecule has 2 aliphatic rings. The highest BCUT2D eigenvalue weighted by Gasteiger charge is 2.36. The Morgan fingerprint density at radius 2 is 1.92 bits per heavy atom. The first kappa shape index (κ1) is 17.3. The highest BCUT2D eigenvalue weighted by atomic mass is 32.2. The summed E-state index contributed by atoms with van der Waals surface area (Å²) in [7, 11) is -3.42. The van der Waals surface area contributed by atoms with Crippen molar-refractivity contribution in [2.75, 3.05) is 26.2 Å². The van der Waals surface area contributed by atoms with Crippen molar-refractivity contribution in [2.24, 2.45) is 5.92 Å².